The van der Waals surface area contributed by atoms with Gasteiger partial charge in [-0.15, -0.1) is 0 Å². The molecule has 0 radical (unpaired) electrons. The van der Waals surface area contributed by atoms with Crippen LogP contribution in [0.4, 0.5) is 0 Å². The van der Waals surface area contributed by atoms with Gasteiger partial charge < -0.3 is 19.5 Å². The molecule has 0 aliphatic carbocycles. The summed E-state index contributed by atoms with van der Waals surface area (Å²) in [5, 5.41) is 8.32. The molecule has 2 saturated heterocycles. The molecule has 0 unspecified atom stereocenters. The Morgan fingerprint density at radius 2 is 2.00 bits per heavy atom. The topological polar surface area (TPSA) is 66.1 Å². The normalized spacial score (nSPS) is 20.1. The summed E-state index contributed by atoms with van der Waals surface area (Å²) in [4.78, 5) is 9.90. The number of benzene rings is 1. The highest BCUT2D eigenvalue weighted by Crippen LogP contribution is 2.36. The number of nitrogens with one attached hydrogen (secondary N) is 1. The summed E-state index contributed by atoms with van der Waals surface area (Å²) in [6, 6.07) is 10.2. The van der Waals surface area contributed by atoms with Crippen LogP contribution in [0.1, 0.15) is 31.0 Å². The Morgan fingerprint density at radius 3 is 2.68 bits per heavy atom. The van der Waals surface area contributed by atoms with Crippen LogP contribution >= 0.6 is 11.6 Å². The molecular formula is C23H32ClN5O2. The van der Waals surface area contributed by atoms with Crippen molar-refractivity contribution in [2.75, 3.05) is 52.5 Å². The van der Waals surface area contributed by atoms with Crippen LogP contribution in [0.5, 0.6) is 0 Å². The van der Waals surface area contributed by atoms with Crippen molar-refractivity contribution in [1.29, 1.82) is 0 Å². The maximum absolute atomic E-state index is 6.32. The Hall–Kier alpha value is -2.09. The number of guanidine groups is 1. The van der Waals surface area contributed by atoms with Crippen molar-refractivity contribution in [3.63, 3.8) is 0 Å². The van der Waals surface area contributed by atoms with E-state index >= 15 is 0 Å². The van der Waals surface area contributed by atoms with Gasteiger partial charge in [-0.3, -0.25) is 9.89 Å². The molecule has 2 aromatic rings. The summed E-state index contributed by atoms with van der Waals surface area (Å²) in [5.74, 6) is 0.997. The second kappa shape index (κ2) is 10.5. The molecule has 2 fully saturated rings. The minimum absolute atomic E-state index is 0.0292. The minimum atomic E-state index is -0.0292. The minimum Gasteiger partial charge on any atom is -0.381 e. The fraction of sp³-hybridized carbons (Fsp3) is 0.565. The van der Waals surface area contributed by atoms with Gasteiger partial charge >= 0.3 is 0 Å². The Balaban J connectivity index is 1.45. The van der Waals surface area contributed by atoms with Crippen molar-refractivity contribution < 1.29 is 9.26 Å². The maximum atomic E-state index is 6.32. The highest BCUT2D eigenvalue weighted by atomic mass is 35.5. The molecule has 0 amide bonds. The van der Waals surface area contributed by atoms with Gasteiger partial charge in [-0.2, -0.15) is 0 Å². The van der Waals surface area contributed by atoms with Crippen molar-refractivity contribution in [1.82, 2.24) is 20.3 Å². The van der Waals surface area contributed by atoms with Crippen LogP contribution in [-0.4, -0.2) is 73.4 Å². The Morgan fingerprint density at radius 1 is 1.19 bits per heavy atom. The first-order valence-electron chi connectivity index (χ1n) is 11.2. The van der Waals surface area contributed by atoms with Gasteiger partial charge in [-0.05, 0) is 37.5 Å². The van der Waals surface area contributed by atoms with E-state index in [4.69, 9.17) is 25.9 Å². The first-order chi connectivity index (χ1) is 15.2. The molecule has 168 valence electrons. The van der Waals surface area contributed by atoms with E-state index in [-0.39, 0.29) is 5.41 Å². The van der Waals surface area contributed by atoms with Gasteiger partial charge in [0, 0.05) is 69.0 Å². The molecule has 2 aliphatic heterocycles. The molecule has 0 spiro atoms. The molecule has 7 nitrogen and oxygen atoms in total. The first-order valence-corrected chi connectivity index (χ1v) is 11.5. The number of aromatic nitrogens is 1. The number of rotatable bonds is 6. The molecule has 0 atom stereocenters. The Bertz CT molecular complexity index is 843. The van der Waals surface area contributed by atoms with Crippen LogP contribution in [0.25, 0.3) is 0 Å². The van der Waals surface area contributed by atoms with Crippen LogP contribution in [0.3, 0.4) is 0 Å². The summed E-state index contributed by atoms with van der Waals surface area (Å²) in [5.41, 5.74) is 2.22. The number of piperazine rings is 1. The van der Waals surface area contributed by atoms with E-state index in [2.05, 4.69) is 39.3 Å². The molecule has 3 heterocycles. The zero-order valence-corrected chi connectivity index (χ0v) is 19.0. The molecule has 0 saturated carbocycles. The van der Waals surface area contributed by atoms with Crippen LogP contribution in [0.15, 0.2) is 46.1 Å². The SMILES string of the molecule is CCNC(=NCC1(c2cccc(Cl)c2)CCOCC1)N1CCN(Cc2ccon2)CC1. The third-order valence-electron chi connectivity index (χ3n) is 6.30. The van der Waals surface area contributed by atoms with E-state index in [0.29, 0.717) is 0 Å². The highest BCUT2D eigenvalue weighted by Gasteiger charge is 2.35. The maximum Gasteiger partial charge on any atom is 0.194 e. The second-order valence-corrected chi connectivity index (χ2v) is 8.76. The number of hydrogen-bond acceptors (Lipinski definition) is 5. The average molecular weight is 446 g/mol. The predicted octanol–water partition coefficient (Wildman–Crippen LogP) is 3.16. The fourth-order valence-corrected chi connectivity index (χ4v) is 4.63. The lowest BCUT2D eigenvalue weighted by Gasteiger charge is -2.39. The molecule has 1 N–H and O–H groups in total. The second-order valence-electron chi connectivity index (χ2n) is 8.33. The largest absolute Gasteiger partial charge is 0.381 e. The van der Waals surface area contributed by atoms with Gasteiger partial charge in [0.1, 0.15) is 6.26 Å². The van der Waals surface area contributed by atoms with E-state index in [1.807, 2.05) is 18.2 Å². The van der Waals surface area contributed by atoms with Gasteiger partial charge in [0.25, 0.3) is 0 Å². The third kappa shape index (κ3) is 5.59. The molecule has 2 aliphatic rings. The zero-order valence-electron chi connectivity index (χ0n) is 18.2. The standard InChI is InChI=1S/C23H32ClN5O2/c1-2-25-22(29-11-9-28(10-12-29)17-21-6-13-31-27-21)26-18-23(7-14-30-15-8-23)19-4-3-5-20(24)16-19/h3-6,13,16H,2,7-12,14-15,17-18H2,1H3,(H,25,26). The number of hydrogen-bond donors (Lipinski definition) is 1. The summed E-state index contributed by atoms with van der Waals surface area (Å²) in [6.07, 6.45) is 3.55. The molecule has 31 heavy (non-hydrogen) atoms. The fourth-order valence-electron chi connectivity index (χ4n) is 4.44. The lowest BCUT2D eigenvalue weighted by atomic mass is 9.74. The number of aliphatic imine (C=N–C) groups is 1. The highest BCUT2D eigenvalue weighted by molar-refractivity contribution is 6.30. The number of ether oxygens (including phenoxy) is 1. The molecule has 4 rings (SSSR count). The van der Waals surface area contributed by atoms with E-state index in [0.717, 1.165) is 88.5 Å². The summed E-state index contributed by atoms with van der Waals surface area (Å²) >= 11 is 6.32. The Kier molecular flexibility index (Phi) is 7.48. The van der Waals surface area contributed by atoms with Crippen LogP contribution in [0.2, 0.25) is 5.02 Å². The number of halogens is 1. The number of nitrogens with zero attached hydrogens (tertiary/aromatic N) is 4. The van der Waals surface area contributed by atoms with Gasteiger partial charge in [-0.1, -0.05) is 28.9 Å². The molecule has 8 heteroatoms. The summed E-state index contributed by atoms with van der Waals surface area (Å²) < 4.78 is 10.6. The first kappa shape index (κ1) is 22.1. The van der Waals surface area contributed by atoms with Crippen LogP contribution in [0, 0.1) is 0 Å². The van der Waals surface area contributed by atoms with Crippen molar-refractivity contribution in [2.24, 2.45) is 4.99 Å². The van der Waals surface area contributed by atoms with E-state index in [9.17, 15) is 0 Å². The summed E-state index contributed by atoms with van der Waals surface area (Å²) in [7, 11) is 0. The third-order valence-corrected chi connectivity index (χ3v) is 6.54. The summed E-state index contributed by atoms with van der Waals surface area (Å²) in [6.45, 7) is 9.90. The quantitative estimate of drug-likeness (QED) is 0.544. The van der Waals surface area contributed by atoms with Gasteiger partial charge in [0.15, 0.2) is 5.96 Å². The van der Waals surface area contributed by atoms with Crippen molar-refractivity contribution in [3.05, 3.63) is 52.9 Å². The van der Waals surface area contributed by atoms with Crippen molar-refractivity contribution in [2.45, 2.75) is 31.7 Å². The van der Waals surface area contributed by atoms with Crippen molar-refractivity contribution in [3.8, 4) is 0 Å². The Labute approximate surface area is 189 Å². The molecule has 1 aromatic heterocycles. The lowest BCUT2D eigenvalue weighted by Crippen LogP contribution is -2.52. The zero-order chi connectivity index (χ0) is 21.5. The average Bonchev–Trinajstić information content (AvgIpc) is 3.31. The van der Waals surface area contributed by atoms with E-state index < -0.39 is 0 Å². The van der Waals surface area contributed by atoms with E-state index in [1.54, 1.807) is 6.26 Å². The van der Waals surface area contributed by atoms with Gasteiger partial charge in [-0.25, -0.2) is 0 Å². The van der Waals surface area contributed by atoms with Crippen LogP contribution in [-0.2, 0) is 16.7 Å². The monoisotopic (exact) mass is 445 g/mol. The van der Waals surface area contributed by atoms with Crippen LogP contribution < -0.4 is 5.32 Å². The van der Waals surface area contributed by atoms with Gasteiger partial charge in [0.2, 0.25) is 0 Å². The smallest absolute Gasteiger partial charge is 0.194 e. The molecule has 1 aromatic carbocycles. The molecule has 0 bridgehead atoms. The predicted molar refractivity (Wildman–Crippen MR) is 123 cm³/mol. The molecular weight excluding hydrogens is 414 g/mol. The van der Waals surface area contributed by atoms with E-state index in [1.165, 1.54) is 5.56 Å². The lowest BCUT2D eigenvalue weighted by molar-refractivity contribution is 0.0529. The van der Waals surface area contributed by atoms with Crippen molar-refractivity contribution >= 4 is 17.6 Å². The van der Waals surface area contributed by atoms with Gasteiger partial charge in [0.05, 0.1) is 12.2 Å².